The Morgan fingerprint density at radius 1 is 1.04 bits per heavy atom. The lowest BCUT2D eigenvalue weighted by molar-refractivity contribution is -0.114. The number of hydrogen-bond acceptors (Lipinski definition) is 3. The second kappa shape index (κ2) is 9.97. The minimum absolute atomic E-state index is 0.149. The lowest BCUT2D eigenvalue weighted by atomic mass is 10.3. The van der Waals surface area contributed by atoms with E-state index in [0.29, 0.717) is 22.1 Å². The summed E-state index contributed by atoms with van der Waals surface area (Å²) in [4.78, 5) is 22.7. The second-order valence-corrected chi connectivity index (χ2v) is 5.61. The number of benzene rings is 2. The van der Waals surface area contributed by atoms with Crippen molar-refractivity contribution in [3.05, 3.63) is 53.6 Å². The molecular weight excluding hydrogens is 354 g/mol. The molecule has 0 fully saturated rings. The molecule has 7 heteroatoms. The van der Waals surface area contributed by atoms with Crippen LogP contribution < -0.4 is 20.7 Å². The van der Waals surface area contributed by atoms with E-state index in [1.807, 2.05) is 0 Å². The zero-order chi connectivity index (χ0) is 18.8. The molecule has 134 valence electrons. The molecule has 0 unspecified atom stereocenters. The van der Waals surface area contributed by atoms with Crippen LogP contribution in [0.1, 0.15) is 6.92 Å². The van der Waals surface area contributed by atoms with Gasteiger partial charge in [0.05, 0.1) is 6.54 Å². The van der Waals surface area contributed by atoms with Crippen LogP contribution in [-0.4, -0.2) is 25.1 Å². The van der Waals surface area contributed by atoms with E-state index in [9.17, 15) is 9.59 Å². The van der Waals surface area contributed by atoms with Crippen molar-refractivity contribution < 1.29 is 14.3 Å². The topological polar surface area (TPSA) is 79.5 Å². The number of hydrogen-bond donors (Lipinski definition) is 3. The normalized spacial score (nSPS) is 9.46. The van der Waals surface area contributed by atoms with Crippen molar-refractivity contribution in [3.8, 4) is 17.6 Å². The van der Waals surface area contributed by atoms with Crippen molar-refractivity contribution in [3.63, 3.8) is 0 Å². The average molecular weight is 372 g/mol. The van der Waals surface area contributed by atoms with Crippen molar-refractivity contribution in [1.29, 1.82) is 0 Å². The summed E-state index contributed by atoms with van der Waals surface area (Å²) in [5, 5.41) is 8.48. The van der Waals surface area contributed by atoms with Gasteiger partial charge in [0.15, 0.2) is 0 Å². The van der Waals surface area contributed by atoms with Gasteiger partial charge >= 0.3 is 6.03 Å². The third-order valence-corrected chi connectivity index (χ3v) is 3.25. The quantitative estimate of drug-likeness (QED) is 0.704. The highest BCUT2D eigenvalue weighted by molar-refractivity contribution is 6.30. The van der Waals surface area contributed by atoms with E-state index < -0.39 is 0 Å². The summed E-state index contributed by atoms with van der Waals surface area (Å²) in [5.74, 6) is 6.03. The summed E-state index contributed by atoms with van der Waals surface area (Å²) in [6.07, 6.45) is 0. The number of halogens is 1. The molecule has 0 atom stereocenters. The first-order chi connectivity index (χ1) is 12.5. The van der Waals surface area contributed by atoms with Gasteiger partial charge in [-0.2, -0.15) is 0 Å². The molecule has 26 heavy (non-hydrogen) atoms. The smallest absolute Gasteiger partial charge is 0.319 e. The molecule has 0 aromatic heterocycles. The van der Waals surface area contributed by atoms with Crippen LogP contribution in [0.2, 0.25) is 5.02 Å². The molecule has 0 spiro atoms. The first kappa shape index (κ1) is 19.2. The van der Waals surface area contributed by atoms with E-state index in [4.69, 9.17) is 16.3 Å². The van der Waals surface area contributed by atoms with Gasteiger partial charge in [0.25, 0.3) is 0 Å². The van der Waals surface area contributed by atoms with Crippen LogP contribution in [-0.2, 0) is 4.79 Å². The molecule has 0 saturated heterocycles. The maximum Gasteiger partial charge on any atom is 0.319 e. The van der Waals surface area contributed by atoms with Crippen molar-refractivity contribution in [1.82, 2.24) is 5.32 Å². The van der Waals surface area contributed by atoms with Crippen LogP contribution in [0, 0.1) is 11.8 Å². The summed E-state index contributed by atoms with van der Waals surface area (Å²) >= 11 is 5.85. The van der Waals surface area contributed by atoms with Crippen LogP contribution >= 0.6 is 11.6 Å². The Kier molecular flexibility index (Phi) is 7.34. The van der Waals surface area contributed by atoms with Crippen LogP contribution in [0.4, 0.5) is 16.2 Å². The average Bonchev–Trinajstić information content (AvgIpc) is 2.58. The summed E-state index contributed by atoms with van der Waals surface area (Å²) in [5.41, 5.74) is 1.26. The Labute approximate surface area is 156 Å². The minimum Gasteiger partial charge on any atom is -0.481 e. The molecule has 0 heterocycles. The monoisotopic (exact) mass is 371 g/mol. The Morgan fingerprint density at radius 2 is 1.77 bits per heavy atom. The molecule has 3 N–H and O–H groups in total. The van der Waals surface area contributed by atoms with Gasteiger partial charge < -0.3 is 20.7 Å². The van der Waals surface area contributed by atoms with E-state index in [2.05, 4.69) is 27.8 Å². The van der Waals surface area contributed by atoms with Crippen molar-refractivity contribution in [2.45, 2.75) is 6.92 Å². The third-order valence-electron chi connectivity index (χ3n) is 3.01. The van der Waals surface area contributed by atoms with E-state index in [-0.39, 0.29) is 25.1 Å². The predicted molar refractivity (Wildman–Crippen MR) is 102 cm³/mol. The molecule has 2 aromatic carbocycles. The number of nitrogens with one attached hydrogen (secondary N) is 3. The number of carbonyl (C=O) groups excluding carboxylic acids is 2. The fourth-order valence-electron chi connectivity index (χ4n) is 1.97. The second-order valence-electron chi connectivity index (χ2n) is 5.17. The van der Waals surface area contributed by atoms with Gasteiger partial charge in [-0.1, -0.05) is 35.6 Å². The van der Waals surface area contributed by atoms with Gasteiger partial charge in [-0.15, -0.1) is 0 Å². The fourth-order valence-corrected chi connectivity index (χ4v) is 2.16. The molecule has 0 radical (unpaired) electrons. The Hall–Kier alpha value is -3.17. The van der Waals surface area contributed by atoms with Crippen LogP contribution in [0.3, 0.4) is 0 Å². The van der Waals surface area contributed by atoms with Gasteiger partial charge in [0.1, 0.15) is 12.4 Å². The van der Waals surface area contributed by atoms with Crippen LogP contribution in [0.25, 0.3) is 0 Å². The molecule has 0 saturated carbocycles. The first-order valence-electron chi connectivity index (χ1n) is 7.79. The van der Waals surface area contributed by atoms with Crippen LogP contribution in [0.15, 0.2) is 48.5 Å². The highest BCUT2D eigenvalue weighted by Crippen LogP contribution is 2.17. The molecule has 0 aliphatic rings. The van der Waals surface area contributed by atoms with E-state index in [0.717, 1.165) is 0 Å². The molecule has 6 nitrogen and oxygen atoms in total. The SMILES string of the molecule is CC(=O)Nc1cccc(OCC#CCNC(=O)Nc2cccc(Cl)c2)c1. The van der Waals surface area contributed by atoms with Crippen LogP contribution in [0.5, 0.6) is 5.75 Å². The summed E-state index contributed by atoms with van der Waals surface area (Å²) < 4.78 is 5.48. The summed E-state index contributed by atoms with van der Waals surface area (Å²) in [6, 6.07) is 13.5. The maximum atomic E-state index is 11.7. The fraction of sp³-hybridized carbons (Fsp3) is 0.158. The zero-order valence-electron chi connectivity index (χ0n) is 14.1. The van der Waals surface area contributed by atoms with E-state index >= 15 is 0 Å². The molecular formula is C19H18ClN3O3. The van der Waals surface area contributed by atoms with Gasteiger partial charge in [-0.05, 0) is 30.3 Å². The zero-order valence-corrected chi connectivity index (χ0v) is 14.9. The Morgan fingerprint density at radius 3 is 2.50 bits per heavy atom. The first-order valence-corrected chi connectivity index (χ1v) is 8.17. The standard InChI is InChI=1S/C19H18ClN3O3/c1-14(24)22-17-8-5-9-18(13-17)26-11-3-2-10-21-19(25)23-16-7-4-6-15(20)12-16/h4-9,12-13H,10-11H2,1H3,(H,22,24)(H2,21,23,25). The number of rotatable bonds is 5. The van der Waals surface area contributed by atoms with E-state index in [1.165, 1.54) is 6.92 Å². The minimum atomic E-state index is -0.370. The van der Waals surface area contributed by atoms with Crippen molar-refractivity contribution in [2.75, 3.05) is 23.8 Å². The lowest BCUT2D eigenvalue weighted by Gasteiger charge is -2.06. The number of ether oxygens (including phenoxy) is 1. The van der Waals surface area contributed by atoms with Crippen molar-refractivity contribution in [2.24, 2.45) is 0 Å². The summed E-state index contributed by atoms with van der Waals surface area (Å²) in [7, 11) is 0. The maximum absolute atomic E-state index is 11.7. The number of urea groups is 1. The Balaban J connectivity index is 1.70. The predicted octanol–water partition coefficient (Wildman–Crippen LogP) is 3.50. The number of anilines is 2. The lowest BCUT2D eigenvalue weighted by Crippen LogP contribution is -2.28. The van der Waals surface area contributed by atoms with Crippen molar-refractivity contribution >= 4 is 34.9 Å². The molecule has 2 rings (SSSR count). The third kappa shape index (κ3) is 7.16. The molecule has 2 aromatic rings. The largest absolute Gasteiger partial charge is 0.481 e. The molecule has 0 aliphatic heterocycles. The van der Waals surface area contributed by atoms with Gasteiger partial charge in [-0.3, -0.25) is 4.79 Å². The van der Waals surface area contributed by atoms with Gasteiger partial charge in [0.2, 0.25) is 5.91 Å². The number of carbonyl (C=O) groups is 2. The number of amides is 3. The molecule has 0 bridgehead atoms. The van der Waals surface area contributed by atoms with E-state index in [1.54, 1.807) is 48.5 Å². The van der Waals surface area contributed by atoms with Gasteiger partial charge in [-0.25, -0.2) is 4.79 Å². The summed E-state index contributed by atoms with van der Waals surface area (Å²) in [6.45, 7) is 1.79. The highest BCUT2D eigenvalue weighted by Gasteiger charge is 2.00. The molecule has 0 aliphatic carbocycles. The Bertz CT molecular complexity index is 843. The van der Waals surface area contributed by atoms with Gasteiger partial charge in [0, 0.05) is 29.4 Å². The molecule has 3 amide bonds. The highest BCUT2D eigenvalue weighted by atomic mass is 35.5.